The van der Waals surface area contributed by atoms with Crippen LogP contribution in [0.15, 0.2) is 29.2 Å². The standard InChI is InChI=1S/C15H18ClN3O4S2/c1-10-7-11-8-12(3-4-14(11)18-15(10)16)25(22,23)19-6-5-13(9-19)24(20,21)17-2/h3-4,7-8,13,17H,5-6,9H2,1-2H3. The zero-order chi connectivity index (χ0) is 18.4. The van der Waals surface area contributed by atoms with E-state index in [1.807, 2.05) is 0 Å². The van der Waals surface area contributed by atoms with E-state index in [1.165, 1.54) is 17.4 Å². The van der Waals surface area contributed by atoms with Crippen molar-refractivity contribution < 1.29 is 16.8 Å². The summed E-state index contributed by atoms with van der Waals surface area (Å²) in [6.07, 6.45) is 0.270. The number of nitrogens with zero attached hydrogens (tertiary/aromatic N) is 2. The van der Waals surface area contributed by atoms with Crippen molar-refractivity contribution in [1.29, 1.82) is 0 Å². The molecular formula is C15H18ClN3O4S2. The van der Waals surface area contributed by atoms with Crippen molar-refractivity contribution >= 4 is 42.6 Å². The molecule has 1 aliphatic heterocycles. The molecule has 1 saturated heterocycles. The summed E-state index contributed by atoms with van der Waals surface area (Å²) >= 11 is 5.99. The predicted octanol–water partition coefficient (Wildman–Crippen LogP) is 1.51. The van der Waals surface area contributed by atoms with Gasteiger partial charge in [-0.15, -0.1) is 0 Å². The smallest absolute Gasteiger partial charge is 0.236 e. The predicted molar refractivity (Wildman–Crippen MR) is 96.6 cm³/mol. The maximum absolute atomic E-state index is 12.9. The van der Waals surface area contributed by atoms with Crippen LogP contribution in [0, 0.1) is 6.92 Å². The topological polar surface area (TPSA) is 96.4 Å². The Morgan fingerprint density at radius 1 is 1.24 bits per heavy atom. The lowest BCUT2D eigenvalue weighted by Crippen LogP contribution is -2.36. The fourth-order valence-corrected chi connectivity index (χ4v) is 5.78. The van der Waals surface area contributed by atoms with Gasteiger partial charge in [0.2, 0.25) is 20.0 Å². The van der Waals surface area contributed by atoms with Crippen LogP contribution in [-0.4, -0.2) is 51.5 Å². The van der Waals surface area contributed by atoms with Crippen LogP contribution in [0.1, 0.15) is 12.0 Å². The molecule has 0 spiro atoms. The molecule has 1 atom stereocenters. The maximum Gasteiger partial charge on any atom is 0.243 e. The molecule has 1 fully saturated rings. The van der Waals surface area contributed by atoms with E-state index in [9.17, 15) is 16.8 Å². The summed E-state index contributed by atoms with van der Waals surface area (Å²) in [5, 5.41) is 0.305. The molecule has 0 amide bonds. The molecule has 25 heavy (non-hydrogen) atoms. The fourth-order valence-electron chi connectivity index (χ4n) is 2.88. The minimum absolute atomic E-state index is 0.0541. The molecule has 10 heteroatoms. The van der Waals surface area contributed by atoms with Crippen LogP contribution in [0.4, 0.5) is 0 Å². The van der Waals surface area contributed by atoms with Crippen LogP contribution in [0.5, 0.6) is 0 Å². The van der Waals surface area contributed by atoms with Crippen molar-refractivity contribution in [2.75, 3.05) is 20.1 Å². The second-order valence-corrected chi connectivity index (χ2v) is 10.4. The molecule has 1 aromatic heterocycles. The van der Waals surface area contributed by atoms with Gasteiger partial charge in [-0.3, -0.25) is 0 Å². The Balaban J connectivity index is 1.95. The summed E-state index contributed by atoms with van der Waals surface area (Å²) in [6, 6.07) is 6.39. The summed E-state index contributed by atoms with van der Waals surface area (Å²) in [6.45, 7) is 1.91. The maximum atomic E-state index is 12.9. The number of sulfonamides is 2. The molecule has 1 N–H and O–H groups in total. The van der Waals surface area contributed by atoms with E-state index in [0.29, 0.717) is 16.1 Å². The van der Waals surface area contributed by atoms with Crippen LogP contribution in [0.25, 0.3) is 10.9 Å². The van der Waals surface area contributed by atoms with Gasteiger partial charge in [0.1, 0.15) is 5.15 Å². The molecule has 0 saturated carbocycles. The number of hydrogen-bond donors (Lipinski definition) is 1. The number of benzene rings is 1. The average Bonchev–Trinajstić information content (AvgIpc) is 3.07. The lowest BCUT2D eigenvalue weighted by atomic mass is 10.2. The number of hydrogen-bond acceptors (Lipinski definition) is 5. The van der Waals surface area contributed by atoms with Gasteiger partial charge in [-0.1, -0.05) is 11.6 Å². The second-order valence-electron chi connectivity index (χ2n) is 5.97. The summed E-state index contributed by atoms with van der Waals surface area (Å²) in [7, 11) is -5.94. The van der Waals surface area contributed by atoms with Gasteiger partial charge in [0, 0.05) is 18.5 Å². The molecule has 1 aliphatic rings. The Bertz CT molecular complexity index is 1040. The quantitative estimate of drug-likeness (QED) is 0.780. The molecule has 2 aromatic rings. The summed E-state index contributed by atoms with van der Waals surface area (Å²) in [5.74, 6) is 0. The Labute approximate surface area is 152 Å². The first-order chi connectivity index (χ1) is 11.6. The van der Waals surface area contributed by atoms with E-state index in [-0.39, 0.29) is 24.4 Å². The van der Waals surface area contributed by atoms with Gasteiger partial charge >= 0.3 is 0 Å². The van der Waals surface area contributed by atoms with Gasteiger partial charge in [-0.25, -0.2) is 26.5 Å². The van der Waals surface area contributed by atoms with Crippen LogP contribution < -0.4 is 4.72 Å². The molecule has 136 valence electrons. The Morgan fingerprint density at radius 2 is 1.96 bits per heavy atom. The first kappa shape index (κ1) is 18.5. The molecule has 0 radical (unpaired) electrons. The monoisotopic (exact) mass is 403 g/mol. The summed E-state index contributed by atoms with van der Waals surface area (Å²) < 4.78 is 53.0. The lowest BCUT2D eigenvalue weighted by Gasteiger charge is -2.17. The van der Waals surface area contributed by atoms with Gasteiger partial charge in [0.05, 0.1) is 15.7 Å². The summed E-state index contributed by atoms with van der Waals surface area (Å²) in [4.78, 5) is 4.34. The first-order valence-electron chi connectivity index (χ1n) is 7.64. The first-order valence-corrected chi connectivity index (χ1v) is 11.0. The van der Waals surface area contributed by atoms with Crippen LogP contribution in [0.2, 0.25) is 5.15 Å². The van der Waals surface area contributed by atoms with Crippen molar-refractivity contribution in [3.63, 3.8) is 0 Å². The van der Waals surface area contributed by atoms with Crippen LogP contribution in [-0.2, 0) is 20.0 Å². The van der Waals surface area contributed by atoms with Gasteiger partial charge in [0.25, 0.3) is 0 Å². The third-order valence-corrected chi connectivity index (χ3v) is 8.46. The number of halogens is 1. The van der Waals surface area contributed by atoms with Crippen molar-refractivity contribution in [3.05, 3.63) is 35.0 Å². The largest absolute Gasteiger partial charge is 0.243 e. The minimum Gasteiger partial charge on any atom is -0.236 e. The second kappa shape index (κ2) is 6.48. The van der Waals surface area contributed by atoms with E-state index >= 15 is 0 Å². The molecule has 2 heterocycles. The average molecular weight is 404 g/mol. The van der Waals surface area contributed by atoms with E-state index in [2.05, 4.69) is 9.71 Å². The zero-order valence-electron chi connectivity index (χ0n) is 13.7. The van der Waals surface area contributed by atoms with Crippen molar-refractivity contribution in [1.82, 2.24) is 14.0 Å². The minimum atomic E-state index is -3.77. The number of nitrogens with one attached hydrogen (secondary N) is 1. The highest BCUT2D eigenvalue weighted by Gasteiger charge is 2.38. The van der Waals surface area contributed by atoms with Gasteiger partial charge in [0.15, 0.2) is 0 Å². The van der Waals surface area contributed by atoms with Gasteiger partial charge < -0.3 is 0 Å². The Morgan fingerprint density at radius 3 is 2.64 bits per heavy atom. The van der Waals surface area contributed by atoms with Gasteiger partial charge in [-0.2, -0.15) is 4.31 Å². The van der Waals surface area contributed by atoms with E-state index in [1.54, 1.807) is 25.1 Å². The van der Waals surface area contributed by atoms with E-state index < -0.39 is 25.3 Å². The highest BCUT2D eigenvalue weighted by Crippen LogP contribution is 2.27. The number of aryl methyl sites for hydroxylation is 1. The molecule has 3 rings (SSSR count). The fraction of sp³-hybridized carbons (Fsp3) is 0.400. The third-order valence-electron chi connectivity index (χ3n) is 4.38. The molecule has 0 bridgehead atoms. The normalized spacial score (nSPS) is 19.6. The van der Waals surface area contributed by atoms with Crippen LogP contribution in [0.3, 0.4) is 0 Å². The van der Waals surface area contributed by atoms with E-state index in [4.69, 9.17) is 11.6 Å². The van der Waals surface area contributed by atoms with Crippen molar-refractivity contribution in [3.8, 4) is 0 Å². The number of fused-ring (bicyclic) bond motifs is 1. The molecular weight excluding hydrogens is 386 g/mol. The van der Waals surface area contributed by atoms with Crippen molar-refractivity contribution in [2.45, 2.75) is 23.5 Å². The molecule has 1 aromatic carbocycles. The van der Waals surface area contributed by atoms with E-state index in [0.717, 1.165) is 5.56 Å². The zero-order valence-corrected chi connectivity index (χ0v) is 16.1. The van der Waals surface area contributed by atoms with Gasteiger partial charge in [-0.05, 0) is 50.2 Å². The highest BCUT2D eigenvalue weighted by atomic mass is 35.5. The highest BCUT2D eigenvalue weighted by molar-refractivity contribution is 7.90. The van der Waals surface area contributed by atoms with Crippen LogP contribution >= 0.6 is 11.6 Å². The number of pyridine rings is 1. The summed E-state index contributed by atoms with van der Waals surface area (Å²) in [5.41, 5.74) is 1.36. The lowest BCUT2D eigenvalue weighted by molar-refractivity contribution is 0.476. The molecule has 1 unspecified atom stereocenters. The SMILES string of the molecule is CNS(=O)(=O)C1CCN(S(=O)(=O)c2ccc3nc(Cl)c(C)cc3c2)C1. The van der Waals surface area contributed by atoms with Crippen molar-refractivity contribution in [2.24, 2.45) is 0 Å². The third kappa shape index (κ3) is 3.39. The molecule has 7 nitrogen and oxygen atoms in total. The Kier molecular flexibility index (Phi) is 4.80. The number of rotatable bonds is 4. The number of aromatic nitrogens is 1. The Hall–Kier alpha value is -1.26. The molecule has 0 aliphatic carbocycles.